The molecule has 2 aromatic heterocycles. The number of fused-ring (bicyclic) bond motifs is 1. The largest absolute Gasteiger partial charge is 0.416 e. The summed E-state index contributed by atoms with van der Waals surface area (Å²) in [7, 11) is 1.64. The molecular formula is C21H14BrF3N4O. The van der Waals surface area contributed by atoms with Crippen molar-refractivity contribution in [3.63, 3.8) is 0 Å². The van der Waals surface area contributed by atoms with Crippen LogP contribution in [0.25, 0.3) is 16.9 Å². The van der Waals surface area contributed by atoms with E-state index in [4.69, 9.17) is 0 Å². The fraction of sp³-hybridized carbons (Fsp3) is 0.0952. The van der Waals surface area contributed by atoms with Crippen LogP contribution in [0.1, 0.15) is 16.1 Å². The highest BCUT2D eigenvalue weighted by Crippen LogP contribution is 2.31. The zero-order valence-corrected chi connectivity index (χ0v) is 17.1. The number of anilines is 1. The molecule has 0 aliphatic rings. The van der Waals surface area contributed by atoms with Crippen LogP contribution in [0.3, 0.4) is 0 Å². The molecule has 0 spiro atoms. The Morgan fingerprint density at radius 3 is 2.30 bits per heavy atom. The summed E-state index contributed by atoms with van der Waals surface area (Å²) in [4.78, 5) is 22.8. The van der Waals surface area contributed by atoms with E-state index in [0.29, 0.717) is 22.6 Å². The molecule has 5 nitrogen and oxygen atoms in total. The van der Waals surface area contributed by atoms with Crippen LogP contribution in [0, 0.1) is 0 Å². The minimum Gasteiger partial charge on any atom is -0.310 e. The van der Waals surface area contributed by atoms with E-state index in [1.807, 2.05) is 12.1 Å². The summed E-state index contributed by atoms with van der Waals surface area (Å²) in [5.41, 5.74) is 1.72. The summed E-state index contributed by atoms with van der Waals surface area (Å²) in [6, 6.07) is 12.0. The standard InChI is InChI=1S/C21H14BrF3N4O/c1-28(16-8-6-15(22)7-9-16)20(30)17-12-29-18(10-27-19(29)11-26-17)13-2-4-14(5-3-13)21(23,24)25/h2-12H,1H3. The van der Waals surface area contributed by atoms with Gasteiger partial charge in [0.25, 0.3) is 5.91 Å². The highest BCUT2D eigenvalue weighted by atomic mass is 79.9. The molecule has 0 unspecified atom stereocenters. The number of hydrogen-bond acceptors (Lipinski definition) is 3. The van der Waals surface area contributed by atoms with Gasteiger partial charge in [-0.05, 0) is 36.4 Å². The van der Waals surface area contributed by atoms with Gasteiger partial charge in [-0.3, -0.25) is 9.20 Å². The predicted octanol–water partition coefficient (Wildman–Crippen LogP) is 5.45. The number of carbonyl (C=O) groups is 1. The van der Waals surface area contributed by atoms with E-state index in [2.05, 4.69) is 25.9 Å². The van der Waals surface area contributed by atoms with Crippen LogP contribution < -0.4 is 4.90 Å². The molecule has 30 heavy (non-hydrogen) atoms. The molecule has 0 aliphatic heterocycles. The smallest absolute Gasteiger partial charge is 0.310 e. The number of halogens is 4. The van der Waals surface area contributed by atoms with E-state index in [9.17, 15) is 18.0 Å². The van der Waals surface area contributed by atoms with Gasteiger partial charge in [-0.15, -0.1) is 0 Å². The molecule has 9 heteroatoms. The number of alkyl halides is 3. The Morgan fingerprint density at radius 2 is 1.67 bits per heavy atom. The van der Waals surface area contributed by atoms with Crippen molar-refractivity contribution >= 4 is 33.2 Å². The Labute approximate surface area is 177 Å². The first-order valence-electron chi connectivity index (χ1n) is 8.78. The Balaban J connectivity index is 1.69. The van der Waals surface area contributed by atoms with Crippen LogP contribution in [-0.2, 0) is 6.18 Å². The third-order valence-corrected chi connectivity index (χ3v) is 5.17. The molecule has 0 atom stereocenters. The topological polar surface area (TPSA) is 50.5 Å². The Morgan fingerprint density at radius 1 is 1.00 bits per heavy atom. The lowest BCUT2D eigenvalue weighted by molar-refractivity contribution is -0.137. The summed E-state index contributed by atoms with van der Waals surface area (Å²) in [6.07, 6.45) is 0.120. The number of rotatable bonds is 3. The van der Waals surface area contributed by atoms with Gasteiger partial charge in [-0.1, -0.05) is 28.1 Å². The van der Waals surface area contributed by atoms with Crippen LogP contribution >= 0.6 is 15.9 Å². The minimum absolute atomic E-state index is 0.180. The van der Waals surface area contributed by atoms with Gasteiger partial charge in [0.15, 0.2) is 5.65 Å². The van der Waals surface area contributed by atoms with E-state index in [1.54, 1.807) is 23.6 Å². The molecule has 4 aromatic rings. The quantitative estimate of drug-likeness (QED) is 0.396. The number of aromatic nitrogens is 3. The van der Waals surface area contributed by atoms with Crippen LogP contribution in [0.5, 0.6) is 0 Å². The molecule has 152 valence electrons. The average molecular weight is 475 g/mol. The van der Waals surface area contributed by atoms with Crippen molar-refractivity contribution in [2.45, 2.75) is 6.18 Å². The van der Waals surface area contributed by atoms with E-state index >= 15 is 0 Å². The fourth-order valence-electron chi connectivity index (χ4n) is 3.00. The highest BCUT2D eigenvalue weighted by molar-refractivity contribution is 9.10. The van der Waals surface area contributed by atoms with Crippen molar-refractivity contribution in [1.82, 2.24) is 14.4 Å². The molecule has 0 saturated carbocycles. The minimum atomic E-state index is -4.40. The van der Waals surface area contributed by atoms with Gasteiger partial charge in [0, 0.05) is 29.0 Å². The molecule has 0 fully saturated rings. The maximum atomic E-state index is 12.9. The molecule has 0 radical (unpaired) electrons. The third kappa shape index (κ3) is 3.80. The van der Waals surface area contributed by atoms with E-state index in [0.717, 1.165) is 16.6 Å². The number of nitrogens with zero attached hydrogens (tertiary/aromatic N) is 4. The van der Waals surface area contributed by atoms with E-state index in [-0.39, 0.29) is 11.6 Å². The fourth-order valence-corrected chi connectivity index (χ4v) is 3.26. The molecule has 4 rings (SSSR count). The number of carbonyl (C=O) groups excluding carboxylic acids is 1. The zero-order valence-electron chi connectivity index (χ0n) is 15.6. The van der Waals surface area contributed by atoms with Crippen LogP contribution in [-0.4, -0.2) is 27.3 Å². The summed E-state index contributed by atoms with van der Waals surface area (Å²) in [5, 5.41) is 0. The summed E-state index contributed by atoms with van der Waals surface area (Å²) in [6.45, 7) is 0. The maximum Gasteiger partial charge on any atom is 0.416 e. The molecular weight excluding hydrogens is 461 g/mol. The molecule has 0 N–H and O–H groups in total. The number of amides is 1. The summed E-state index contributed by atoms with van der Waals surface area (Å²) >= 11 is 3.36. The molecule has 0 aliphatic carbocycles. The molecule has 0 bridgehead atoms. The van der Waals surface area contributed by atoms with Gasteiger partial charge < -0.3 is 4.90 Å². The van der Waals surface area contributed by atoms with Gasteiger partial charge in [-0.2, -0.15) is 13.2 Å². The molecule has 2 heterocycles. The van der Waals surface area contributed by atoms with Crippen LogP contribution in [0.2, 0.25) is 0 Å². The van der Waals surface area contributed by atoms with Gasteiger partial charge in [-0.25, -0.2) is 9.97 Å². The van der Waals surface area contributed by atoms with Crippen molar-refractivity contribution in [2.75, 3.05) is 11.9 Å². The van der Waals surface area contributed by atoms with Crippen LogP contribution in [0.15, 0.2) is 71.6 Å². The molecule has 2 aromatic carbocycles. The van der Waals surface area contributed by atoms with Gasteiger partial charge in [0.05, 0.1) is 23.7 Å². The lowest BCUT2D eigenvalue weighted by Crippen LogP contribution is -2.27. The number of benzene rings is 2. The van der Waals surface area contributed by atoms with Crippen molar-refractivity contribution < 1.29 is 18.0 Å². The molecule has 0 saturated heterocycles. The second-order valence-corrected chi connectivity index (χ2v) is 7.48. The second-order valence-electron chi connectivity index (χ2n) is 6.56. The third-order valence-electron chi connectivity index (χ3n) is 4.64. The summed E-state index contributed by atoms with van der Waals surface area (Å²) < 4.78 is 41.0. The normalized spacial score (nSPS) is 11.6. The first-order valence-corrected chi connectivity index (χ1v) is 9.58. The van der Waals surface area contributed by atoms with Gasteiger partial charge >= 0.3 is 6.18 Å². The van der Waals surface area contributed by atoms with Gasteiger partial charge in [0.2, 0.25) is 0 Å². The van der Waals surface area contributed by atoms with Crippen molar-refractivity contribution in [3.05, 3.63) is 82.9 Å². The first kappa shape index (κ1) is 20.1. The lowest BCUT2D eigenvalue weighted by Gasteiger charge is -2.17. The highest BCUT2D eigenvalue weighted by Gasteiger charge is 2.30. The number of hydrogen-bond donors (Lipinski definition) is 0. The average Bonchev–Trinajstić information content (AvgIpc) is 3.16. The molecule has 1 amide bonds. The van der Waals surface area contributed by atoms with Crippen molar-refractivity contribution in [2.24, 2.45) is 0 Å². The maximum absolute atomic E-state index is 12.9. The van der Waals surface area contributed by atoms with Gasteiger partial charge in [0.1, 0.15) is 5.69 Å². The Bertz CT molecular complexity index is 1220. The first-order chi connectivity index (χ1) is 14.2. The van der Waals surface area contributed by atoms with Crippen molar-refractivity contribution in [1.29, 1.82) is 0 Å². The lowest BCUT2D eigenvalue weighted by atomic mass is 10.1. The monoisotopic (exact) mass is 474 g/mol. The zero-order chi connectivity index (χ0) is 21.5. The van der Waals surface area contributed by atoms with E-state index in [1.165, 1.54) is 35.6 Å². The van der Waals surface area contributed by atoms with Crippen molar-refractivity contribution in [3.8, 4) is 11.3 Å². The SMILES string of the molecule is CN(C(=O)c1cn2c(-c3ccc(C(F)(F)F)cc3)cnc2cn1)c1ccc(Br)cc1. The summed E-state index contributed by atoms with van der Waals surface area (Å²) in [5.74, 6) is -0.328. The van der Waals surface area contributed by atoms with E-state index < -0.39 is 11.7 Å². The number of imidazole rings is 1. The van der Waals surface area contributed by atoms with Crippen LogP contribution in [0.4, 0.5) is 18.9 Å². The predicted molar refractivity (Wildman–Crippen MR) is 110 cm³/mol. The Kier molecular flexibility index (Phi) is 5.07. The Hall–Kier alpha value is -3.20. The second kappa shape index (κ2) is 7.56.